The number of halogens is 1. The lowest BCUT2D eigenvalue weighted by molar-refractivity contribution is -0.154. The van der Waals surface area contributed by atoms with Gasteiger partial charge >= 0.3 is 0 Å². The summed E-state index contributed by atoms with van der Waals surface area (Å²) in [7, 11) is 0. The van der Waals surface area contributed by atoms with E-state index in [2.05, 4.69) is 36.7 Å². The molecule has 2 rings (SSSR count). The Hall–Kier alpha value is -0.180. The van der Waals surface area contributed by atoms with Crippen molar-refractivity contribution in [3.63, 3.8) is 0 Å². The van der Waals surface area contributed by atoms with Crippen LogP contribution >= 0.6 is 15.9 Å². The molecule has 2 saturated carbocycles. The molecule has 0 aliphatic heterocycles. The van der Waals surface area contributed by atoms with Gasteiger partial charge in [0.1, 0.15) is 0 Å². The minimum atomic E-state index is -0.0966. The fraction of sp³-hybridized carbons (Fsp3) is 0.867. The van der Waals surface area contributed by atoms with E-state index in [1.807, 2.05) is 0 Å². The normalized spacial score (nSPS) is 41.1. The summed E-state index contributed by atoms with van der Waals surface area (Å²) in [5, 5.41) is 0.855. The Labute approximate surface area is 118 Å². The highest BCUT2D eigenvalue weighted by Gasteiger charge is 2.55. The monoisotopic (exact) mass is 314 g/mol. The van der Waals surface area contributed by atoms with Gasteiger partial charge in [-0.1, -0.05) is 49.5 Å². The third-order valence-corrected chi connectivity index (χ3v) is 6.40. The van der Waals surface area contributed by atoms with Crippen molar-refractivity contribution in [1.82, 2.24) is 0 Å². The molecule has 0 spiro atoms. The summed E-state index contributed by atoms with van der Waals surface area (Å²) in [5.41, 5.74) is 0.0260. The molecule has 2 aliphatic carbocycles. The van der Waals surface area contributed by atoms with Crippen LogP contribution in [0.25, 0.3) is 0 Å². The minimum absolute atomic E-state index is 0.0249. The second kappa shape index (κ2) is 5.07. The lowest BCUT2D eigenvalue weighted by Gasteiger charge is -2.52. The molecule has 2 nitrogen and oxygen atoms in total. The van der Waals surface area contributed by atoms with Crippen LogP contribution in [0.2, 0.25) is 0 Å². The van der Waals surface area contributed by atoms with Crippen molar-refractivity contribution < 1.29 is 9.59 Å². The minimum Gasteiger partial charge on any atom is -0.291 e. The second-order valence-corrected chi connectivity index (χ2v) is 7.10. The Balaban J connectivity index is 2.39. The van der Waals surface area contributed by atoms with E-state index >= 15 is 0 Å². The van der Waals surface area contributed by atoms with E-state index in [0.717, 1.165) is 24.6 Å². The van der Waals surface area contributed by atoms with Crippen LogP contribution in [0.1, 0.15) is 46.5 Å². The third kappa shape index (κ3) is 1.99. The topological polar surface area (TPSA) is 34.1 Å². The zero-order valence-corrected chi connectivity index (χ0v) is 13.1. The molecule has 0 amide bonds. The number of carbonyl (C=O) groups excluding carboxylic acids is 2. The van der Waals surface area contributed by atoms with Gasteiger partial charge < -0.3 is 0 Å². The number of ketones is 2. The fourth-order valence-corrected chi connectivity index (χ4v) is 5.13. The fourth-order valence-electron chi connectivity index (χ4n) is 3.96. The molecule has 102 valence electrons. The van der Waals surface area contributed by atoms with E-state index in [9.17, 15) is 9.59 Å². The zero-order chi connectivity index (χ0) is 13.5. The van der Waals surface area contributed by atoms with Crippen LogP contribution in [0.5, 0.6) is 0 Å². The maximum Gasteiger partial charge on any atom is 0.202 e. The van der Waals surface area contributed by atoms with Crippen molar-refractivity contribution in [3.05, 3.63) is 0 Å². The summed E-state index contributed by atoms with van der Waals surface area (Å²) in [6, 6.07) is 0. The maximum absolute atomic E-state index is 12.4. The molecule has 0 radical (unpaired) electrons. The van der Waals surface area contributed by atoms with Crippen molar-refractivity contribution >= 4 is 27.5 Å². The molecular weight excluding hydrogens is 292 g/mol. The van der Waals surface area contributed by atoms with Crippen LogP contribution < -0.4 is 0 Å². The first-order valence-electron chi connectivity index (χ1n) is 7.08. The van der Waals surface area contributed by atoms with Gasteiger partial charge in [0.05, 0.1) is 0 Å². The van der Waals surface area contributed by atoms with Gasteiger partial charge in [0, 0.05) is 17.2 Å². The molecule has 0 aromatic heterocycles. The Morgan fingerprint density at radius 3 is 2.50 bits per heavy atom. The standard InChI is InChI=1S/C15H23BrO2/c1-9(2)11-7-15(8-16)10(3)5-4-6-12(15)14(18)13(11)17/h9-12H,4-8H2,1-3H3. The summed E-state index contributed by atoms with van der Waals surface area (Å²) >= 11 is 3.64. The lowest BCUT2D eigenvalue weighted by atomic mass is 9.52. The predicted molar refractivity (Wildman–Crippen MR) is 75.7 cm³/mol. The zero-order valence-electron chi connectivity index (χ0n) is 11.5. The average molecular weight is 315 g/mol. The average Bonchev–Trinajstić information content (AvgIpc) is 2.34. The molecule has 0 aromatic carbocycles. The molecule has 0 N–H and O–H groups in total. The smallest absolute Gasteiger partial charge is 0.202 e. The van der Waals surface area contributed by atoms with E-state index < -0.39 is 0 Å². The second-order valence-electron chi connectivity index (χ2n) is 6.53. The molecule has 18 heavy (non-hydrogen) atoms. The molecule has 0 bridgehead atoms. The summed E-state index contributed by atoms with van der Waals surface area (Å²) in [4.78, 5) is 24.6. The highest BCUT2D eigenvalue weighted by molar-refractivity contribution is 9.09. The quantitative estimate of drug-likeness (QED) is 0.576. The van der Waals surface area contributed by atoms with E-state index in [-0.39, 0.29) is 34.7 Å². The van der Waals surface area contributed by atoms with Crippen LogP contribution in [0.15, 0.2) is 0 Å². The van der Waals surface area contributed by atoms with Gasteiger partial charge in [-0.3, -0.25) is 9.59 Å². The molecule has 2 aliphatic rings. The Morgan fingerprint density at radius 1 is 1.28 bits per heavy atom. The number of Topliss-reactive ketones (excluding diaryl/α,β-unsaturated/α-hetero) is 2. The molecule has 0 saturated heterocycles. The lowest BCUT2D eigenvalue weighted by Crippen LogP contribution is -2.55. The van der Waals surface area contributed by atoms with Gasteiger partial charge in [-0.25, -0.2) is 0 Å². The van der Waals surface area contributed by atoms with E-state index in [0.29, 0.717) is 5.92 Å². The van der Waals surface area contributed by atoms with Crippen molar-refractivity contribution in [2.45, 2.75) is 46.5 Å². The summed E-state index contributed by atoms with van der Waals surface area (Å²) in [6.45, 7) is 6.38. The van der Waals surface area contributed by atoms with Crippen LogP contribution in [0, 0.1) is 29.1 Å². The van der Waals surface area contributed by atoms with Gasteiger partial charge in [-0.15, -0.1) is 0 Å². The number of alkyl halides is 1. The molecule has 2 fully saturated rings. The molecule has 4 unspecified atom stereocenters. The van der Waals surface area contributed by atoms with Crippen molar-refractivity contribution in [2.24, 2.45) is 29.1 Å². The van der Waals surface area contributed by atoms with Crippen molar-refractivity contribution in [1.29, 1.82) is 0 Å². The Kier molecular flexibility index (Phi) is 4.01. The summed E-state index contributed by atoms with van der Waals surface area (Å²) < 4.78 is 0. The van der Waals surface area contributed by atoms with Crippen molar-refractivity contribution in [2.75, 3.05) is 5.33 Å². The highest BCUT2D eigenvalue weighted by Crippen LogP contribution is 2.54. The number of fused-ring (bicyclic) bond motifs is 1. The Morgan fingerprint density at radius 2 is 1.94 bits per heavy atom. The van der Waals surface area contributed by atoms with Gasteiger partial charge in [0.15, 0.2) is 0 Å². The van der Waals surface area contributed by atoms with Crippen molar-refractivity contribution in [3.8, 4) is 0 Å². The van der Waals surface area contributed by atoms with Gasteiger partial charge in [0.2, 0.25) is 11.6 Å². The van der Waals surface area contributed by atoms with Gasteiger partial charge in [0.25, 0.3) is 0 Å². The molecule has 0 heterocycles. The molecule has 3 heteroatoms. The van der Waals surface area contributed by atoms with Gasteiger partial charge in [-0.05, 0) is 30.1 Å². The first kappa shape index (κ1) is 14.2. The first-order chi connectivity index (χ1) is 8.44. The number of rotatable bonds is 2. The van der Waals surface area contributed by atoms with E-state index in [1.165, 1.54) is 6.42 Å². The number of hydrogen-bond acceptors (Lipinski definition) is 2. The van der Waals surface area contributed by atoms with Gasteiger partial charge in [-0.2, -0.15) is 0 Å². The van der Waals surface area contributed by atoms with Crippen LogP contribution in [0.3, 0.4) is 0 Å². The van der Waals surface area contributed by atoms with Crippen LogP contribution in [0.4, 0.5) is 0 Å². The SMILES string of the molecule is CC(C)C1CC2(CBr)C(C)CCCC2C(=O)C1=O. The molecule has 4 atom stereocenters. The largest absolute Gasteiger partial charge is 0.291 e. The van der Waals surface area contributed by atoms with E-state index in [1.54, 1.807) is 0 Å². The highest BCUT2D eigenvalue weighted by atomic mass is 79.9. The first-order valence-corrected chi connectivity index (χ1v) is 8.20. The maximum atomic E-state index is 12.4. The number of hydrogen-bond donors (Lipinski definition) is 0. The summed E-state index contributed by atoms with van der Waals surface area (Å²) in [6.07, 6.45) is 4.08. The number of carbonyl (C=O) groups is 2. The molecular formula is C15H23BrO2. The summed E-state index contributed by atoms with van der Waals surface area (Å²) in [5.74, 6) is 0.544. The van der Waals surface area contributed by atoms with Crippen LogP contribution in [-0.2, 0) is 9.59 Å². The third-order valence-electron chi connectivity index (χ3n) is 5.35. The van der Waals surface area contributed by atoms with E-state index in [4.69, 9.17) is 0 Å². The van der Waals surface area contributed by atoms with Crippen LogP contribution in [-0.4, -0.2) is 16.9 Å². The Bertz CT molecular complexity index is 364. The molecule has 0 aromatic rings. The predicted octanol–water partition coefficient (Wildman–Crippen LogP) is 3.62.